The Bertz CT molecular complexity index is 378. The standard InChI is InChI=1S/C12H15BrFNO/c1-16-12-6-8(11(14)7-10(12)13)5-9-3-2-4-15-9/h6-7,9,15H,2-5H2,1H3. The molecule has 0 aliphatic carbocycles. The molecule has 1 aliphatic rings. The maximum atomic E-state index is 13.7. The van der Waals surface area contributed by atoms with Crippen LogP contribution in [-0.2, 0) is 6.42 Å². The van der Waals surface area contributed by atoms with E-state index in [-0.39, 0.29) is 5.82 Å². The minimum Gasteiger partial charge on any atom is -0.496 e. The van der Waals surface area contributed by atoms with E-state index >= 15 is 0 Å². The molecule has 1 atom stereocenters. The predicted molar refractivity (Wildman–Crippen MR) is 65.4 cm³/mol. The second kappa shape index (κ2) is 5.15. The van der Waals surface area contributed by atoms with Crippen LogP contribution in [0.1, 0.15) is 18.4 Å². The first-order valence-electron chi connectivity index (χ1n) is 5.46. The van der Waals surface area contributed by atoms with Crippen molar-refractivity contribution in [2.45, 2.75) is 25.3 Å². The molecule has 1 aromatic carbocycles. The average molecular weight is 288 g/mol. The first kappa shape index (κ1) is 11.9. The largest absolute Gasteiger partial charge is 0.496 e. The van der Waals surface area contributed by atoms with Gasteiger partial charge in [-0.1, -0.05) is 0 Å². The SMILES string of the molecule is COc1cc(CC2CCCN2)c(F)cc1Br. The molecule has 88 valence electrons. The van der Waals surface area contributed by atoms with Gasteiger partial charge in [0.25, 0.3) is 0 Å². The number of nitrogens with one attached hydrogen (secondary N) is 1. The molecule has 1 saturated heterocycles. The number of benzene rings is 1. The van der Waals surface area contributed by atoms with Crippen LogP contribution in [-0.4, -0.2) is 19.7 Å². The first-order valence-corrected chi connectivity index (χ1v) is 6.25. The summed E-state index contributed by atoms with van der Waals surface area (Å²) in [6.07, 6.45) is 3.03. The molecule has 4 heteroatoms. The van der Waals surface area contributed by atoms with E-state index in [1.54, 1.807) is 13.2 Å². The van der Waals surface area contributed by atoms with Gasteiger partial charge < -0.3 is 10.1 Å². The lowest BCUT2D eigenvalue weighted by molar-refractivity contribution is 0.409. The Balaban J connectivity index is 2.18. The number of hydrogen-bond donors (Lipinski definition) is 1. The van der Waals surface area contributed by atoms with Crippen LogP contribution in [0.5, 0.6) is 5.75 Å². The van der Waals surface area contributed by atoms with Crippen molar-refractivity contribution in [2.75, 3.05) is 13.7 Å². The van der Waals surface area contributed by atoms with Gasteiger partial charge in [0.2, 0.25) is 0 Å². The number of hydrogen-bond acceptors (Lipinski definition) is 2. The van der Waals surface area contributed by atoms with Gasteiger partial charge in [0.1, 0.15) is 11.6 Å². The molecule has 1 heterocycles. The van der Waals surface area contributed by atoms with Crippen LogP contribution in [0.15, 0.2) is 16.6 Å². The molecular formula is C12H15BrFNO. The van der Waals surface area contributed by atoms with Crippen LogP contribution in [0, 0.1) is 5.82 Å². The Hall–Kier alpha value is -0.610. The van der Waals surface area contributed by atoms with E-state index in [0.717, 1.165) is 24.9 Å². The molecule has 1 N–H and O–H groups in total. The van der Waals surface area contributed by atoms with Crippen molar-refractivity contribution in [3.8, 4) is 5.75 Å². The predicted octanol–water partition coefficient (Wildman–Crippen LogP) is 2.89. The highest BCUT2D eigenvalue weighted by Crippen LogP contribution is 2.29. The summed E-state index contributed by atoms with van der Waals surface area (Å²) in [5.41, 5.74) is 0.722. The van der Waals surface area contributed by atoms with Gasteiger partial charge in [0.15, 0.2) is 0 Å². The van der Waals surface area contributed by atoms with Crippen molar-refractivity contribution >= 4 is 15.9 Å². The molecule has 0 radical (unpaired) electrons. The van der Waals surface area contributed by atoms with Crippen molar-refractivity contribution in [3.05, 3.63) is 28.0 Å². The van der Waals surface area contributed by atoms with Gasteiger partial charge in [-0.25, -0.2) is 4.39 Å². The van der Waals surface area contributed by atoms with E-state index in [2.05, 4.69) is 21.2 Å². The Morgan fingerprint density at radius 3 is 3.00 bits per heavy atom. The Morgan fingerprint density at radius 2 is 2.38 bits per heavy atom. The zero-order chi connectivity index (χ0) is 11.5. The van der Waals surface area contributed by atoms with Crippen molar-refractivity contribution in [2.24, 2.45) is 0 Å². The fourth-order valence-electron chi connectivity index (χ4n) is 2.08. The molecule has 1 aliphatic heterocycles. The summed E-state index contributed by atoms with van der Waals surface area (Å²) in [5, 5.41) is 3.37. The summed E-state index contributed by atoms with van der Waals surface area (Å²) in [7, 11) is 1.59. The molecule has 0 bridgehead atoms. The number of ether oxygens (including phenoxy) is 1. The van der Waals surface area contributed by atoms with Crippen LogP contribution in [0.4, 0.5) is 4.39 Å². The van der Waals surface area contributed by atoms with Crippen LogP contribution in [0.25, 0.3) is 0 Å². The van der Waals surface area contributed by atoms with Crippen molar-refractivity contribution in [1.82, 2.24) is 5.32 Å². The fourth-order valence-corrected chi connectivity index (χ4v) is 2.56. The maximum absolute atomic E-state index is 13.7. The third kappa shape index (κ3) is 2.55. The normalized spacial score (nSPS) is 20.1. The van der Waals surface area contributed by atoms with Crippen LogP contribution >= 0.6 is 15.9 Å². The van der Waals surface area contributed by atoms with Crippen LogP contribution < -0.4 is 10.1 Å². The molecule has 1 aromatic rings. The lowest BCUT2D eigenvalue weighted by atomic mass is 10.0. The lowest BCUT2D eigenvalue weighted by Gasteiger charge is -2.12. The molecule has 2 rings (SSSR count). The highest BCUT2D eigenvalue weighted by atomic mass is 79.9. The topological polar surface area (TPSA) is 21.3 Å². The summed E-state index contributed by atoms with van der Waals surface area (Å²) in [5.74, 6) is 0.524. The third-order valence-corrected chi connectivity index (χ3v) is 3.57. The Morgan fingerprint density at radius 1 is 1.56 bits per heavy atom. The quantitative estimate of drug-likeness (QED) is 0.923. The van der Waals surface area contributed by atoms with Gasteiger partial charge in [0, 0.05) is 6.04 Å². The third-order valence-electron chi connectivity index (χ3n) is 2.95. The van der Waals surface area contributed by atoms with E-state index < -0.39 is 0 Å². The van der Waals surface area contributed by atoms with Crippen LogP contribution in [0.3, 0.4) is 0 Å². The van der Waals surface area contributed by atoms with Gasteiger partial charge in [-0.2, -0.15) is 0 Å². The van der Waals surface area contributed by atoms with Crippen molar-refractivity contribution < 1.29 is 9.13 Å². The van der Waals surface area contributed by atoms with E-state index in [9.17, 15) is 4.39 Å². The van der Waals surface area contributed by atoms with Gasteiger partial charge in [0.05, 0.1) is 11.6 Å². The van der Waals surface area contributed by atoms with E-state index in [0.29, 0.717) is 16.3 Å². The van der Waals surface area contributed by atoms with Crippen molar-refractivity contribution in [1.29, 1.82) is 0 Å². The van der Waals surface area contributed by atoms with Gasteiger partial charge in [-0.3, -0.25) is 0 Å². The van der Waals surface area contributed by atoms with Crippen LogP contribution in [0.2, 0.25) is 0 Å². The van der Waals surface area contributed by atoms with Gasteiger partial charge >= 0.3 is 0 Å². The first-order chi connectivity index (χ1) is 7.70. The minimum absolute atomic E-state index is 0.165. The Labute approximate surface area is 103 Å². The molecule has 0 spiro atoms. The second-order valence-electron chi connectivity index (χ2n) is 4.08. The number of rotatable bonds is 3. The zero-order valence-electron chi connectivity index (χ0n) is 9.22. The highest BCUT2D eigenvalue weighted by molar-refractivity contribution is 9.10. The molecule has 0 amide bonds. The molecule has 0 aromatic heterocycles. The van der Waals surface area contributed by atoms with Gasteiger partial charge in [-0.15, -0.1) is 0 Å². The second-order valence-corrected chi connectivity index (χ2v) is 4.93. The molecule has 1 fully saturated rings. The Kier molecular flexibility index (Phi) is 3.82. The molecular weight excluding hydrogens is 273 g/mol. The smallest absolute Gasteiger partial charge is 0.133 e. The molecule has 1 unspecified atom stereocenters. The van der Waals surface area contributed by atoms with Gasteiger partial charge in [-0.05, 0) is 59.4 Å². The average Bonchev–Trinajstić information content (AvgIpc) is 2.75. The van der Waals surface area contributed by atoms with E-state index in [1.165, 1.54) is 12.5 Å². The van der Waals surface area contributed by atoms with E-state index in [1.807, 2.05) is 0 Å². The zero-order valence-corrected chi connectivity index (χ0v) is 10.8. The summed E-state index contributed by atoms with van der Waals surface area (Å²) in [6, 6.07) is 3.66. The van der Waals surface area contributed by atoms with Crippen molar-refractivity contribution in [3.63, 3.8) is 0 Å². The molecule has 2 nitrogen and oxygen atoms in total. The number of halogens is 2. The van der Waals surface area contributed by atoms with E-state index in [4.69, 9.17) is 4.74 Å². The number of methoxy groups -OCH3 is 1. The highest BCUT2D eigenvalue weighted by Gasteiger charge is 2.17. The lowest BCUT2D eigenvalue weighted by Crippen LogP contribution is -2.24. The molecule has 0 saturated carbocycles. The maximum Gasteiger partial charge on any atom is 0.133 e. The summed E-state index contributed by atoms with van der Waals surface area (Å²) < 4.78 is 19.5. The summed E-state index contributed by atoms with van der Waals surface area (Å²) >= 11 is 3.27. The molecule has 16 heavy (non-hydrogen) atoms. The summed E-state index contributed by atoms with van der Waals surface area (Å²) in [4.78, 5) is 0. The fraction of sp³-hybridized carbons (Fsp3) is 0.500. The minimum atomic E-state index is -0.165. The monoisotopic (exact) mass is 287 g/mol. The summed E-state index contributed by atoms with van der Waals surface area (Å²) in [6.45, 7) is 1.04.